The lowest BCUT2D eigenvalue weighted by molar-refractivity contribution is -0.141. The number of hydroxylamine groups is 2. The molecule has 1 aromatic rings. The summed E-state index contributed by atoms with van der Waals surface area (Å²) in [5.41, 5.74) is -0.0418. The zero-order valence-electron chi connectivity index (χ0n) is 19.8. The van der Waals surface area contributed by atoms with Gasteiger partial charge < -0.3 is 10.2 Å². The molecular formula is C25H37FN4O3. The Hall–Kier alpha value is -2.35. The van der Waals surface area contributed by atoms with Crippen molar-refractivity contribution in [2.45, 2.75) is 108 Å². The predicted molar refractivity (Wildman–Crippen MR) is 123 cm³/mol. The molecule has 2 aliphatic carbocycles. The van der Waals surface area contributed by atoms with E-state index in [4.69, 9.17) is 0 Å². The van der Waals surface area contributed by atoms with Crippen LogP contribution in [0, 0.1) is 5.82 Å². The highest BCUT2D eigenvalue weighted by Crippen LogP contribution is 2.40. The maximum Gasteiger partial charge on any atom is 0.343 e. The van der Waals surface area contributed by atoms with Crippen LogP contribution in [0.2, 0.25) is 0 Å². The number of carbonyl (C=O) groups is 2. The van der Waals surface area contributed by atoms with Crippen LogP contribution in [0.4, 0.5) is 14.0 Å². The fourth-order valence-electron chi connectivity index (χ4n) is 5.74. The van der Waals surface area contributed by atoms with E-state index in [1.165, 1.54) is 18.6 Å². The van der Waals surface area contributed by atoms with E-state index in [-0.39, 0.29) is 30.5 Å². The summed E-state index contributed by atoms with van der Waals surface area (Å²) >= 11 is 0. The molecule has 3 fully saturated rings. The van der Waals surface area contributed by atoms with Gasteiger partial charge in [0.1, 0.15) is 5.82 Å². The topological polar surface area (TPSA) is 76.1 Å². The van der Waals surface area contributed by atoms with Gasteiger partial charge in [-0.2, -0.15) is 5.06 Å². The van der Waals surface area contributed by atoms with E-state index in [1.54, 1.807) is 21.9 Å². The molecule has 1 atom stereocenters. The van der Waals surface area contributed by atoms with Crippen LogP contribution >= 0.6 is 0 Å². The molecule has 3 aliphatic rings. The third kappa shape index (κ3) is 4.95. The number of hydrogen-bond donors (Lipinski definition) is 2. The molecule has 2 N–H and O–H groups in total. The average Bonchev–Trinajstić information content (AvgIpc) is 3.01. The Bertz CT molecular complexity index is 835. The van der Waals surface area contributed by atoms with E-state index in [0.717, 1.165) is 68.4 Å². The van der Waals surface area contributed by atoms with Gasteiger partial charge in [-0.1, -0.05) is 50.7 Å². The molecule has 2 saturated carbocycles. The monoisotopic (exact) mass is 460 g/mol. The molecule has 1 saturated heterocycles. The van der Waals surface area contributed by atoms with Crippen molar-refractivity contribution in [2.75, 3.05) is 0 Å². The van der Waals surface area contributed by atoms with Gasteiger partial charge in [0.05, 0.1) is 5.54 Å². The normalized spacial score (nSPS) is 24.2. The fourth-order valence-corrected chi connectivity index (χ4v) is 5.74. The fraction of sp³-hybridized carbons (Fsp3) is 0.680. The Morgan fingerprint density at radius 2 is 1.64 bits per heavy atom. The summed E-state index contributed by atoms with van der Waals surface area (Å²) in [5.74, 6) is -0.326. The first kappa shape index (κ1) is 23.8. The lowest BCUT2D eigenvalue weighted by Crippen LogP contribution is -2.61. The van der Waals surface area contributed by atoms with Crippen LogP contribution in [0.5, 0.6) is 0 Å². The van der Waals surface area contributed by atoms with E-state index >= 15 is 0 Å². The second kappa shape index (κ2) is 9.87. The van der Waals surface area contributed by atoms with Gasteiger partial charge in [-0.25, -0.2) is 14.0 Å². The van der Waals surface area contributed by atoms with Crippen LogP contribution in [0.15, 0.2) is 24.3 Å². The van der Waals surface area contributed by atoms with Gasteiger partial charge in [-0.05, 0) is 57.2 Å². The van der Waals surface area contributed by atoms with Crippen molar-refractivity contribution in [3.8, 4) is 0 Å². The molecule has 4 amide bonds. The Morgan fingerprint density at radius 1 is 1.06 bits per heavy atom. The summed E-state index contributed by atoms with van der Waals surface area (Å²) in [6, 6.07) is 5.41. The Balaban J connectivity index is 1.59. The maximum absolute atomic E-state index is 13.7. The Morgan fingerprint density at radius 3 is 2.24 bits per heavy atom. The summed E-state index contributed by atoms with van der Waals surface area (Å²) in [4.78, 5) is 30.2. The van der Waals surface area contributed by atoms with Crippen molar-refractivity contribution < 1.29 is 19.2 Å². The molecule has 7 nitrogen and oxygen atoms in total. The number of hydrogen-bond acceptors (Lipinski definition) is 3. The summed E-state index contributed by atoms with van der Waals surface area (Å²) in [6.07, 6.45) is 9.25. The van der Waals surface area contributed by atoms with Gasteiger partial charge in [0.2, 0.25) is 0 Å². The predicted octanol–water partition coefficient (Wildman–Crippen LogP) is 5.23. The molecule has 33 heavy (non-hydrogen) atoms. The second-order valence-electron chi connectivity index (χ2n) is 10.4. The van der Waals surface area contributed by atoms with Gasteiger partial charge in [-0.15, -0.1) is 0 Å². The van der Waals surface area contributed by atoms with Gasteiger partial charge in [-0.3, -0.25) is 10.1 Å². The number of urea groups is 2. The number of rotatable bonds is 5. The first-order chi connectivity index (χ1) is 15.8. The molecule has 1 aromatic carbocycles. The average molecular weight is 461 g/mol. The van der Waals surface area contributed by atoms with Gasteiger partial charge in [0.15, 0.2) is 6.17 Å². The smallest absolute Gasteiger partial charge is 0.333 e. The first-order valence-corrected chi connectivity index (χ1v) is 12.4. The summed E-state index contributed by atoms with van der Waals surface area (Å²) < 4.78 is 13.4. The highest BCUT2D eigenvalue weighted by Gasteiger charge is 2.57. The summed E-state index contributed by atoms with van der Waals surface area (Å²) in [5, 5.41) is 14.9. The minimum absolute atomic E-state index is 0.0223. The number of nitrogens with zero attached hydrogens (tertiary/aromatic N) is 3. The van der Waals surface area contributed by atoms with E-state index in [2.05, 4.69) is 5.32 Å². The largest absolute Gasteiger partial charge is 0.343 e. The number of nitrogens with one attached hydrogen (secondary N) is 1. The Kier molecular flexibility index (Phi) is 7.12. The third-order valence-corrected chi connectivity index (χ3v) is 7.64. The third-order valence-electron chi connectivity index (χ3n) is 7.64. The maximum atomic E-state index is 13.7. The van der Waals surface area contributed by atoms with Crippen molar-refractivity contribution in [1.82, 2.24) is 20.2 Å². The molecule has 1 heterocycles. The molecule has 8 heteroatoms. The number of amides is 4. The van der Waals surface area contributed by atoms with Crippen LogP contribution in [0.1, 0.15) is 83.6 Å². The van der Waals surface area contributed by atoms with Crippen LogP contribution in [0.3, 0.4) is 0 Å². The van der Waals surface area contributed by atoms with E-state index in [9.17, 15) is 19.2 Å². The lowest BCUT2D eigenvalue weighted by Gasteiger charge is -2.41. The Labute approximate surface area is 195 Å². The second-order valence-corrected chi connectivity index (χ2v) is 10.4. The van der Waals surface area contributed by atoms with Gasteiger partial charge >= 0.3 is 12.1 Å². The standard InChI is InChI=1S/C25H37FN4O3/c1-25(2)22(30(33)23(31)27-20-9-5-3-6-10-20)29(21-11-7-4-8-12-21)24(32)28(25)17-18-13-15-19(26)16-14-18/h13-16,20-22,33H,3-12,17H2,1-2H3,(H,27,31)/t22-/m1/s1. The van der Waals surface area contributed by atoms with Crippen molar-refractivity contribution in [3.05, 3.63) is 35.6 Å². The van der Waals surface area contributed by atoms with Crippen LogP contribution < -0.4 is 5.32 Å². The molecule has 0 aromatic heterocycles. The number of benzene rings is 1. The molecular weight excluding hydrogens is 423 g/mol. The summed E-state index contributed by atoms with van der Waals surface area (Å²) in [6.45, 7) is 4.06. The molecule has 0 spiro atoms. The molecule has 0 bridgehead atoms. The zero-order valence-corrected chi connectivity index (χ0v) is 19.8. The SMILES string of the molecule is CC1(C)[C@@H](N(O)C(=O)NC2CCCCC2)N(C2CCCCC2)C(=O)N1Cc1ccc(F)cc1. The highest BCUT2D eigenvalue weighted by molar-refractivity contribution is 5.81. The highest BCUT2D eigenvalue weighted by atomic mass is 19.1. The van der Waals surface area contributed by atoms with Crippen LogP contribution in [-0.2, 0) is 6.54 Å². The number of carbonyl (C=O) groups excluding carboxylic acids is 2. The van der Waals surface area contributed by atoms with Crippen LogP contribution in [-0.4, -0.2) is 55.9 Å². The molecule has 0 unspecified atom stereocenters. The van der Waals surface area contributed by atoms with E-state index in [1.807, 2.05) is 13.8 Å². The van der Waals surface area contributed by atoms with Crippen molar-refractivity contribution in [2.24, 2.45) is 0 Å². The van der Waals surface area contributed by atoms with E-state index in [0.29, 0.717) is 0 Å². The van der Waals surface area contributed by atoms with Crippen molar-refractivity contribution in [3.63, 3.8) is 0 Å². The van der Waals surface area contributed by atoms with E-state index < -0.39 is 17.7 Å². The summed E-state index contributed by atoms with van der Waals surface area (Å²) in [7, 11) is 0. The van der Waals surface area contributed by atoms with Gasteiger partial charge in [0, 0.05) is 18.6 Å². The van der Waals surface area contributed by atoms with Gasteiger partial charge in [0.25, 0.3) is 0 Å². The molecule has 1 aliphatic heterocycles. The molecule has 4 rings (SSSR count). The zero-order chi connectivity index (χ0) is 23.6. The van der Waals surface area contributed by atoms with Crippen LogP contribution in [0.25, 0.3) is 0 Å². The minimum Gasteiger partial charge on any atom is -0.333 e. The quantitative estimate of drug-likeness (QED) is 0.466. The van der Waals surface area contributed by atoms with Crippen molar-refractivity contribution in [1.29, 1.82) is 0 Å². The first-order valence-electron chi connectivity index (χ1n) is 12.4. The number of halogens is 1. The molecule has 0 radical (unpaired) electrons. The van der Waals surface area contributed by atoms with Crippen molar-refractivity contribution >= 4 is 12.1 Å². The lowest BCUT2D eigenvalue weighted by atomic mass is 9.92. The molecule has 182 valence electrons. The minimum atomic E-state index is -0.846.